The van der Waals surface area contributed by atoms with Gasteiger partial charge in [-0.15, -0.1) is 0 Å². The molecule has 1 heterocycles. The van der Waals surface area contributed by atoms with Crippen LogP contribution >= 0.6 is 27.3 Å². The van der Waals surface area contributed by atoms with Gasteiger partial charge < -0.3 is 4.74 Å². The lowest BCUT2D eigenvalue weighted by Crippen LogP contribution is -2.37. The van der Waals surface area contributed by atoms with Crippen molar-refractivity contribution in [1.82, 2.24) is 4.98 Å². The Hall–Kier alpha value is -2.53. The normalized spacial score (nSPS) is 12.0. The lowest BCUT2D eigenvalue weighted by atomic mass is 10.1. The van der Waals surface area contributed by atoms with Crippen molar-refractivity contribution in [2.75, 3.05) is 11.4 Å². The molecule has 0 N–H and O–H groups in total. The highest BCUT2D eigenvalue weighted by molar-refractivity contribution is 9.11. The van der Waals surface area contributed by atoms with Gasteiger partial charge in [0.1, 0.15) is 11.3 Å². The molecule has 0 fully saturated rings. The average molecular weight is 577 g/mol. The zero-order chi connectivity index (χ0) is 26.0. The Morgan fingerprint density at radius 2 is 1.74 bits per heavy atom. The molecule has 0 saturated heterocycles. The van der Waals surface area contributed by atoms with Crippen LogP contribution < -0.4 is 4.90 Å². The maximum atomic E-state index is 14.3. The molecule has 0 unspecified atom stereocenters. The van der Waals surface area contributed by atoms with Gasteiger partial charge in [0.15, 0.2) is 16.8 Å². The summed E-state index contributed by atoms with van der Waals surface area (Å²) in [5.74, 6) is -2.08. The summed E-state index contributed by atoms with van der Waals surface area (Å²) in [4.78, 5) is 18.6. The fraction of sp³-hybridized carbons (Fsp3) is 0.333. The van der Waals surface area contributed by atoms with Gasteiger partial charge in [0.25, 0.3) is 0 Å². The van der Waals surface area contributed by atoms with Crippen LogP contribution in [0.1, 0.15) is 38.3 Å². The van der Waals surface area contributed by atoms with Crippen molar-refractivity contribution in [3.05, 3.63) is 69.0 Å². The summed E-state index contributed by atoms with van der Waals surface area (Å²) in [6.07, 6.45) is -4.30. The van der Waals surface area contributed by atoms with Crippen molar-refractivity contribution in [3.63, 3.8) is 0 Å². The number of aryl methyl sites for hydroxylation is 1. The van der Waals surface area contributed by atoms with E-state index in [1.807, 2.05) is 0 Å². The quantitative estimate of drug-likeness (QED) is 0.277. The van der Waals surface area contributed by atoms with Crippen LogP contribution in [0.25, 0.3) is 11.3 Å². The number of anilines is 1. The van der Waals surface area contributed by atoms with Crippen LogP contribution in [0.2, 0.25) is 0 Å². The van der Waals surface area contributed by atoms with Crippen molar-refractivity contribution in [3.8, 4) is 11.3 Å². The molecule has 0 bridgehead atoms. The second-order valence-corrected chi connectivity index (χ2v) is 10.9. The lowest BCUT2D eigenvalue weighted by Gasteiger charge is -2.25. The number of aromatic nitrogens is 1. The average Bonchev–Trinajstić information content (AvgIpc) is 3.12. The predicted molar refractivity (Wildman–Crippen MR) is 129 cm³/mol. The Morgan fingerprint density at radius 1 is 1.09 bits per heavy atom. The van der Waals surface area contributed by atoms with Gasteiger partial charge in [-0.2, -0.15) is 13.2 Å². The highest BCUT2D eigenvalue weighted by Gasteiger charge is 2.30. The Morgan fingerprint density at radius 3 is 2.34 bits per heavy atom. The molecule has 0 aliphatic rings. The van der Waals surface area contributed by atoms with Crippen molar-refractivity contribution in [2.45, 2.75) is 45.4 Å². The molecule has 0 saturated carbocycles. The first-order chi connectivity index (χ1) is 16.3. The van der Waals surface area contributed by atoms with Crippen LogP contribution in [-0.2, 0) is 17.3 Å². The van der Waals surface area contributed by atoms with Gasteiger partial charge in [-0.25, -0.2) is 18.6 Å². The van der Waals surface area contributed by atoms with Crippen LogP contribution in [0, 0.1) is 11.6 Å². The standard InChI is InChI=1S/C24H22BrF5N2O2S/c1-23(2,3)34-22(33)32(13-5-6-14-9-11-15(12-10-14)24(28,29)30)21-31-19(20(25)35-21)16-7-4-8-17(26)18(16)27/h4,7-12H,5-6,13H2,1-3H3. The smallest absolute Gasteiger partial charge is 0.416 e. The van der Waals surface area contributed by atoms with E-state index in [4.69, 9.17) is 4.74 Å². The van der Waals surface area contributed by atoms with Crippen molar-refractivity contribution < 1.29 is 31.5 Å². The second kappa shape index (κ2) is 10.6. The maximum Gasteiger partial charge on any atom is 0.416 e. The molecule has 3 rings (SSSR count). The summed E-state index contributed by atoms with van der Waals surface area (Å²) in [6, 6.07) is 8.54. The van der Waals surface area contributed by atoms with Gasteiger partial charge in [0.2, 0.25) is 0 Å². The van der Waals surface area contributed by atoms with Crippen molar-refractivity contribution in [2.24, 2.45) is 0 Å². The Balaban J connectivity index is 1.83. The molecular weight excluding hydrogens is 555 g/mol. The molecule has 11 heteroatoms. The first-order valence-electron chi connectivity index (χ1n) is 10.5. The van der Waals surface area contributed by atoms with Gasteiger partial charge in [-0.05, 0) is 79.4 Å². The third-order valence-corrected chi connectivity index (χ3v) is 6.48. The summed E-state index contributed by atoms with van der Waals surface area (Å²) in [5.41, 5.74) is -0.785. The van der Waals surface area contributed by atoms with Gasteiger partial charge in [-0.1, -0.05) is 29.5 Å². The number of alkyl halides is 3. The number of halogens is 6. The minimum Gasteiger partial charge on any atom is -0.443 e. The number of carbonyl (C=O) groups is 1. The van der Waals surface area contributed by atoms with Crippen LogP contribution in [0.5, 0.6) is 0 Å². The number of rotatable bonds is 6. The molecule has 1 aromatic heterocycles. The van der Waals surface area contributed by atoms with Crippen LogP contribution in [0.4, 0.5) is 31.9 Å². The first kappa shape index (κ1) is 27.1. The SMILES string of the molecule is CC(C)(C)OC(=O)N(CCCc1ccc(C(F)(F)F)cc1)c1nc(-c2cccc(F)c2F)c(Br)s1. The van der Waals surface area contributed by atoms with E-state index < -0.39 is 35.1 Å². The predicted octanol–water partition coefficient (Wildman–Crippen LogP) is 8.24. The zero-order valence-corrected chi connectivity index (χ0v) is 21.5. The summed E-state index contributed by atoms with van der Waals surface area (Å²) < 4.78 is 72.3. The van der Waals surface area contributed by atoms with Crippen molar-refractivity contribution >= 4 is 38.5 Å². The Labute approximate surface area is 211 Å². The number of amides is 1. The van der Waals surface area contributed by atoms with Crippen LogP contribution in [-0.4, -0.2) is 23.2 Å². The fourth-order valence-corrected chi connectivity index (χ4v) is 4.70. The number of thiazole rings is 1. The molecule has 0 spiro atoms. The second-order valence-electron chi connectivity index (χ2n) is 8.65. The van der Waals surface area contributed by atoms with E-state index >= 15 is 0 Å². The number of hydrogen-bond donors (Lipinski definition) is 0. The van der Waals surface area contributed by atoms with E-state index in [9.17, 15) is 26.7 Å². The van der Waals surface area contributed by atoms with Crippen LogP contribution in [0.3, 0.4) is 0 Å². The van der Waals surface area contributed by atoms with Gasteiger partial charge in [-0.3, -0.25) is 4.90 Å². The summed E-state index contributed by atoms with van der Waals surface area (Å²) in [5, 5.41) is 0.206. The number of nitrogens with zero attached hydrogens (tertiary/aromatic N) is 2. The Kier molecular flexibility index (Phi) is 8.21. The highest BCUT2D eigenvalue weighted by atomic mass is 79.9. The molecular formula is C24H22BrF5N2O2S. The third-order valence-electron chi connectivity index (χ3n) is 4.75. The summed E-state index contributed by atoms with van der Waals surface area (Å²) in [6.45, 7) is 5.25. The summed E-state index contributed by atoms with van der Waals surface area (Å²) in [7, 11) is 0. The minimum atomic E-state index is -4.41. The molecule has 3 aromatic rings. The molecule has 0 atom stereocenters. The van der Waals surface area contributed by atoms with E-state index in [2.05, 4.69) is 20.9 Å². The van der Waals surface area contributed by atoms with Gasteiger partial charge in [0.05, 0.1) is 9.35 Å². The van der Waals surface area contributed by atoms with E-state index in [1.54, 1.807) is 20.8 Å². The first-order valence-corrected chi connectivity index (χ1v) is 12.1. The topological polar surface area (TPSA) is 42.4 Å². The van der Waals surface area contributed by atoms with Crippen molar-refractivity contribution in [1.29, 1.82) is 0 Å². The minimum absolute atomic E-state index is 0.0618. The number of benzene rings is 2. The van der Waals surface area contributed by atoms with E-state index in [-0.39, 0.29) is 22.9 Å². The largest absolute Gasteiger partial charge is 0.443 e. The number of ether oxygens (including phenoxy) is 1. The van der Waals surface area contributed by atoms with Crippen LogP contribution in [0.15, 0.2) is 46.3 Å². The molecule has 1 amide bonds. The van der Waals surface area contributed by atoms with Gasteiger partial charge >= 0.3 is 12.3 Å². The molecule has 0 aliphatic heterocycles. The number of carbonyl (C=O) groups excluding carboxylic acids is 1. The molecule has 188 valence electrons. The van der Waals surface area contributed by atoms with Gasteiger partial charge in [0, 0.05) is 12.1 Å². The third kappa shape index (κ3) is 7.00. The van der Waals surface area contributed by atoms with E-state index in [1.165, 1.54) is 29.2 Å². The van der Waals surface area contributed by atoms with E-state index in [0.717, 1.165) is 29.5 Å². The highest BCUT2D eigenvalue weighted by Crippen LogP contribution is 2.39. The van der Waals surface area contributed by atoms with E-state index in [0.29, 0.717) is 22.2 Å². The molecule has 2 aromatic carbocycles. The fourth-order valence-electron chi connectivity index (χ4n) is 3.14. The zero-order valence-electron chi connectivity index (χ0n) is 19.0. The molecule has 4 nitrogen and oxygen atoms in total. The maximum absolute atomic E-state index is 14.3. The molecule has 0 aliphatic carbocycles. The Bertz CT molecular complexity index is 1190. The summed E-state index contributed by atoms with van der Waals surface area (Å²) >= 11 is 4.37. The monoisotopic (exact) mass is 576 g/mol. The lowest BCUT2D eigenvalue weighted by molar-refractivity contribution is -0.137. The molecule has 35 heavy (non-hydrogen) atoms. The number of hydrogen-bond acceptors (Lipinski definition) is 4. The molecule has 0 radical (unpaired) electrons.